The van der Waals surface area contributed by atoms with E-state index in [0.717, 1.165) is 11.5 Å². The number of aromatic nitrogens is 1. The normalized spacial score (nSPS) is 11.0. The number of fused-ring (bicyclic) bond motifs is 1. The van der Waals surface area contributed by atoms with Crippen LogP contribution in [-0.4, -0.2) is 10.5 Å². The SMILES string of the molecule is NC(=O)c1cc2ccc(N)cc2n1-c1cccc(-c2ccc(F)cc2F)c1. The molecule has 4 aromatic rings. The second-order valence-electron chi connectivity index (χ2n) is 6.22. The molecule has 0 aliphatic heterocycles. The van der Waals surface area contributed by atoms with Gasteiger partial charge in [0.05, 0.1) is 5.52 Å². The Labute approximate surface area is 153 Å². The van der Waals surface area contributed by atoms with Crippen molar-refractivity contribution in [2.24, 2.45) is 5.73 Å². The van der Waals surface area contributed by atoms with Gasteiger partial charge in [-0.3, -0.25) is 4.79 Å². The minimum atomic E-state index is -0.663. The van der Waals surface area contributed by atoms with E-state index in [1.54, 1.807) is 53.1 Å². The van der Waals surface area contributed by atoms with Crippen molar-refractivity contribution < 1.29 is 13.6 Å². The molecule has 1 amide bonds. The first kappa shape index (κ1) is 16.8. The van der Waals surface area contributed by atoms with Crippen molar-refractivity contribution in [3.8, 4) is 16.8 Å². The van der Waals surface area contributed by atoms with Crippen LogP contribution in [0.4, 0.5) is 14.5 Å². The molecule has 0 atom stereocenters. The van der Waals surface area contributed by atoms with Gasteiger partial charge in [0.25, 0.3) is 5.91 Å². The monoisotopic (exact) mass is 363 g/mol. The summed E-state index contributed by atoms with van der Waals surface area (Å²) in [6, 6.07) is 17.3. The summed E-state index contributed by atoms with van der Waals surface area (Å²) in [5.74, 6) is -1.90. The molecule has 0 spiro atoms. The van der Waals surface area contributed by atoms with Gasteiger partial charge in [0.2, 0.25) is 0 Å². The molecule has 134 valence electrons. The van der Waals surface area contributed by atoms with Crippen molar-refractivity contribution in [1.82, 2.24) is 4.57 Å². The lowest BCUT2D eigenvalue weighted by Gasteiger charge is -2.12. The minimum absolute atomic E-state index is 0.259. The van der Waals surface area contributed by atoms with Crippen LogP contribution in [0.3, 0.4) is 0 Å². The van der Waals surface area contributed by atoms with Gasteiger partial charge in [-0.1, -0.05) is 18.2 Å². The molecule has 0 unspecified atom stereocenters. The molecule has 6 heteroatoms. The Morgan fingerprint density at radius 1 is 0.926 bits per heavy atom. The van der Waals surface area contributed by atoms with Gasteiger partial charge in [-0.15, -0.1) is 0 Å². The Hall–Kier alpha value is -3.67. The summed E-state index contributed by atoms with van der Waals surface area (Å²) in [6.45, 7) is 0. The van der Waals surface area contributed by atoms with E-state index in [4.69, 9.17) is 11.5 Å². The number of hydrogen-bond acceptors (Lipinski definition) is 2. The van der Waals surface area contributed by atoms with Crippen molar-refractivity contribution >= 4 is 22.5 Å². The number of hydrogen-bond donors (Lipinski definition) is 2. The predicted octanol–water partition coefficient (Wildman–Crippen LogP) is 4.26. The van der Waals surface area contributed by atoms with Crippen LogP contribution in [0, 0.1) is 11.6 Å². The number of amides is 1. The highest BCUT2D eigenvalue weighted by atomic mass is 19.1. The molecule has 0 aliphatic carbocycles. The van der Waals surface area contributed by atoms with Crippen LogP contribution in [0.2, 0.25) is 0 Å². The van der Waals surface area contributed by atoms with E-state index < -0.39 is 17.5 Å². The first-order valence-corrected chi connectivity index (χ1v) is 8.21. The summed E-state index contributed by atoms with van der Waals surface area (Å²) >= 11 is 0. The van der Waals surface area contributed by atoms with Crippen LogP contribution in [0.1, 0.15) is 10.5 Å². The quantitative estimate of drug-likeness (QED) is 0.534. The first-order valence-electron chi connectivity index (χ1n) is 8.21. The Morgan fingerprint density at radius 2 is 1.74 bits per heavy atom. The van der Waals surface area contributed by atoms with Crippen molar-refractivity contribution in [3.63, 3.8) is 0 Å². The third-order valence-electron chi connectivity index (χ3n) is 4.43. The number of benzene rings is 3. The number of nitrogen functional groups attached to an aromatic ring is 1. The molecule has 0 radical (unpaired) electrons. The van der Waals surface area contributed by atoms with Crippen molar-refractivity contribution in [2.75, 3.05) is 5.73 Å². The zero-order valence-corrected chi connectivity index (χ0v) is 14.1. The number of nitrogens with zero attached hydrogens (tertiary/aromatic N) is 1. The molecule has 4 rings (SSSR count). The number of primary amides is 1. The zero-order chi connectivity index (χ0) is 19.1. The van der Waals surface area contributed by atoms with Gasteiger partial charge < -0.3 is 16.0 Å². The molecule has 27 heavy (non-hydrogen) atoms. The molecule has 0 bridgehead atoms. The fraction of sp³-hybridized carbons (Fsp3) is 0. The Bertz CT molecular complexity index is 1200. The molecule has 0 aliphatic rings. The van der Waals surface area contributed by atoms with Gasteiger partial charge >= 0.3 is 0 Å². The highest BCUT2D eigenvalue weighted by molar-refractivity contribution is 5.99. The molecule has 0 saturated carbocycles. The zero-order valence-electron chi connectivity index (χ0n) is 14.1. The summed E-state index contributed by atoms with van der Waals surface area (Å²) in [4.78, 5) is 12.0. The van der Waals surface area contributed by atoms with Crippen LogP contribution in [-0.2, 0) is 0 Å². The van der Waals surface area contributed by atoms with Crippen molar-refractivity contribution in [3.05, 3.63) is 84.1 Å². The topological polar surface area (TPSA) is 74.0 Å². The molecular formula is C21H15F2N3O. The third-order valence-corrected chi connectivity index (χ3v) is 4.43. The second-order valence-corrected chi connectivity index (χ2v) is 6.22. The summed E-state index contributed by atoms with van der Waals surface area (Å²) in [6.07, 6.45) is 0. The van der Waals surface area contributed by atoms with Gasteiger partial charge in [-0.2, -0.15) is 0 Å². The van der Waals surface area contributed by atoms with Gasteiger partial charge in [0, 0.05) is 28.4 Å². The average Bonchev–Trinajstić information content (AvgIpc) is 3.00. The van der Waals surface area contributed by atoms with Crippen LogP contribution >= 0.6 is 0 Å². The van der Waals surface area contributed by atoms with Crippen molar-refractivity contribution in [2.45, 2.75) is 0 Å². The molecule has 1 aromatic heterocycles. The smallest absolute Gasteiger partial charge is 0.265 e. The molecule has 1 heterocycles. The van der Waals surface area contributed by atoms with E-state index in [1.807, 2.05) is 0 Å². The van der Waals surface area contributed by atoms with Crippen LogP contribution in [0.25, 0.3) is 27.7 Å². The molecule has 4 N–H and O–H groups in total. The van der Waals surface area contributed by atoms with Crippen LogP contribution < -0.4 is 11.5 Å². The standard InChI is InChI=1S/C21H15F2N3O/c22-14-5-7-17(18(23)10-14)12-2-1-3-16(8-12)26-19-11-15(24)6-4-13(19)9-20(26)21(25)27/h1-11H,24H2,(H2,25,27). The van der Waals surface area contributed by atoms with Gasteiger partial charge in [-0.05, 0) is 48.0 Å². The Balaban J connectivity index is 1.96. The third kappa shape index (κ3) is 2.91. The highest BCUT2D eigenvalue weighted by Gasteiger charge is 2.16. The summed E-state index contributed by atoms with van der Waals surface area (Å²) < 4.78 is 29.1. The first-order chi connectivity index (χ1) is 12.9. The predicted molar refractivity (Wildman–Crippen MR) is 102 cm³/mol. The molecule has 0 fully saturated rings. The van der Waals surface area contributed by atoms with Crippen molar-refractivity contribution in [1.29, 1.82) is 0 Å². The second kappa shape index (κ2) is 6.25. The van der Waals surface area contributed by atoms with Crippen LogP contribution in [0.5, 0.6) is 0 Å². The largest absolute Gasteiger partial charge is 0.399 e. The van der Waals surface area contributed by atoms with E-state index in [1.165, 1.54) is 12.1 Å². The van der Waals surface area contributed by atoms with E-state index in [2.05, 4.69) is 0 Å². The fourth-order valence-electron chi connectivity index (χ4n) is 3.21. The maximum atomic E-state index is 14.2. The van der Waals surface area contributed by atoms with Gasteiger partial charge in [0.15, 0.2) is 0 Å². The molecule has 4 nitrogen and oxygen atoms in total. The lowest BCUT2D eigenvalue weighted by atomic mass is 10.0. The maximum absolute atomic E-state index is 14.2. The minimum Gasteiger partial charge on any atom is -0.399 e. The number of nitrogens with two attached hydrogens (primary N) is 2. The van der Waals surface area contributed by atoms with E-state index in [0.29, 0.717) is 22.5 Å². The van der Waals surface area contributed by atoms with Gasteiger partial charge in [-0.25, -0.2) is 8.78 Å². The summed E-state index contributed by atoms with van der Waals surface area (Å²) in [7, 11) is 0. The number of carbonyl (C=O) groups excluding carboxylic acids is 1. The number of anilines is 1. The average molecular weight is 363 g/mol. The molecule has 3 aromatic carbocycles. The van der Waals surface area contributed by atoms with E-state index in [-0.39, 0.29) is 11.3 Å². The molecule has 0 saturated heterocycles. The molecular weight excluding hydrogens is 348 g/mol. The van der Waals surface area contributed by atoms with Crippen LogP contribution in [0.15, 0.2) is 66.7 Å². The number of rotatable bonds is 3. The highest BCUT2D eigenvalue weighted by Crippen LogP contribution is 2.30. The van der Waals surface area contributed by atoms with E-state index >= 15 is 0 Å². The number of halogens is 2. The fourth-order valence-corrected chi connectivity index (χ4v) is 3.21. The summed E-state index contributed by atoms with van der Waals surface area (Å²) in [5.41, 5.74) is 14.4. The lowest BCUT2D eigenvalue weighted by molar-refractivity contribution is 0.0994. The summed E-state index contributed by atoms with van der Waals surface area (Å²) in [5, 5.41) is 0.802. The lowest BCUT2D eigenvalue weighted by Crippen LogP contribution is -2.16. The van der Waals surface area contributed by atoms with E-state index in [9.17, 15) is 13.6 Å². The number of carbonyl (C=O) groups is 1. The maximum Gasteiger partial charge on any atom is 0.265 e. The Morgan fingerprint density at radius 3 is 2.48 bits per heavy atom. The Kier molecular flexibility index (Phi) is 3.88. The van der Waals surface area contributed by atoms with Gasteiger partial charge in [0.1, 0.15) is 17.3 Å².